The Labute approximate surface area is 128 Å². The van der Waals surface area contributed by atoms with Crippen LogP contribution in [0, 0.1) is 11.8 Å². The summed E-state index contributed by atoms with van der Waals surface area (Å²) in [5.74, 6) is 0.450. The molecule has 0 aromatic heterocycles. The van der Waals surface area contributed by atoms with E-state index in [-0.39, 0.29) is 23.7 Å². The highest BCUT2D eigenvalue weighted by Gasteiger charge is 2.40. The van der Waals surface area contributed by atoms with Crippen LogP contribution in [0.1, 0.15) is 58.8 Å². The van der Waals surface area contributed by atoms with E-state index in [9.17, 15) is 13.2 Å². The van der Waals surface area contributed by atoms with E-state index in [4.69, 9.17) is 0 Å². The fourth-order valence-corrected chi connectivity index (χ4v) is 5.09. The second-order valence-electron chi connectivity index (χ2n) is 6.74. The molecule has 2 atom stereocenters. The number of hydrogen-bond donors (Lipinski definition) is 1. The minimum Gasteiger partial charge on any atom is -0.299 e. The normalized spacial score (nSPS) is 29.0. The minimum atomic E-state index is -3.47. The average molecular weight is 316 g/mol. The quantitative estimate of drug-likeness (QED) is 0.844. The van der Waals surface area contributed by atoms with Crippen molar-refractivity contribution in [2.45, 2.75) is 64.8 Å². The Morgan fingerprint density at radius 2 is 1.90 bits per heavy atom. The molecule has 2 unspecified atom stereocenters. The van der Waals surface area contributed by atoms with Crippen molar-refractivity contribution in [1.29, 1.82) is 0 Å². The monoisotopic (exact) mass is 316 g/mol. The van der Waals surface area contributed by atoms with Crippen LogP contribution in [0.5, 0.6) is 0 Å². The molecular weight excluding hydrogens is 288 g/mol. The summed E-state index contributed by atoms with van der Waals surface area (Å²) in [6, 6.07) is -0.129. The van der Waals surface area contributed by atoms with Crippen LogP contribution < -0.4 is 4.72 Å². The number of carbonyl (C=O) groups excluding carboxylic acids is 1. The topological polar surface area (TPSA) is 66.5 Å². The summed E-state index contributed by atoms with van der Waals surface area (Å²) in [6.07, 6.45) is 6.19. The lowest BCUT2D eigenvalue weighted by atomic mass is 9.80. The van der Waals surface area contributed by atoms with Gasteiger partial charge in [0.25, 0.3) is 10.2 Å². The third-order valence-electron chi connectivity index (χ3n) is 4.55. The van der Waals surface area contributed by atoms with Gasteiger partial charge in [0, 0.05) is 31.5 Å². The van der Waals surface area contributed by atoms with E-state index in [1.54, 1.807) is 4.31 Å². The summed E-state index contributed by atoms with van der Waals surface area (Å²) in [6.45, 7) is 4.97. The second kappa shape index (κ2) is 7.20. The Hall–Kier alpha value is -0.460. The minimum absolute atomic E-state index is 0.0883. The van der Waals surface area contributed by atoms with E-state index >= 15 is 0 Å². The molecule has 21 heavy (non-hydrogen) atoms. The summed E-state index contributed by atoms with van der Waals surface area (Å²) >= 11 is 0. The molecule has 2 aliphatic rings. The molecule has 6 heteroatoms. The second-order valence-corrected chi connectivity index (χ2v) is 8.45. The molecule has 1 aliphatic carbocycles. The Morgan fingerprint density at radius 3 is 2.57 bits per heavy atom. The molecule has 1 heterocycles. The average Bonchev–Trinajstić information content (AvgIpc) is 2.46. The Kier molecular flexibility index (Phi) is 5.80. The van der Waals surface area contributed by atoms with Crippen molar-refractivity contribution in [3.63, 3.8) is 0 Å². The summed E-state index contributed by atoms with van der Waals surface area (Å²) in [5, 5.41) is 0. The number of rotatable bonds is 5. The molecule has 2 rings (SSSR count). The van der Waals surface area contributed by atoms with E-state index in [0.717, 1.165) is 38.5 Å². The maximum absolute atomic E-state index is 12.6. The third kappa shape index (κ3) is 4.27. The molecule has 0 bridgehead atoms. The van der Waals surface area contributed by atoms with Gasteiger partial charge >= 0.3 is 0 Å². The van der Waals surface area contributed by atoms with Crippen molar-refractivity contribution in [2.75, 3.05) is 13.1 Å². The largest absolute Gasteiger partial charge is 0.299 e. The molecule has 1 saturated heterocycles. The number of ketones is 1. The number of nitrogens with one attached hydrogen (secondary N) is 1. The maximum atomic E-state index is 12.6. The van der Waals surface area contributed by atoms with Crippen LogP contribution in [0.3, 0.4) is 0 Å². The third-order valence-corrected chi connectivity index (χ3v) is 6.15. The number of hydrogen-bond acceptors (Lipinski definition) is 3. The molecule has 0 amide bonds. The van der Waals surface area contributed by atoms with Gasteiger partial charge in [-0.25, -0.2) is 4.72 Å². The standard InChI is InChI=1S/C15H28N2O3S/c1-12(2)11-16-21(19,20)17-10-6-5-8-14(17)13-7-3-4-9-15(13)18/h12-14,16H,3-11H2,1-2H3. The summed E-state index contributed by atoms with van der Waals surface area (Å²) in [4.78, 5) is 12.2. The van der Waals surface area contributed by atoms with Crippen LogP contribution >= 0.6 is 0 Å². The first-order valence-electron chi connectivity index (χ1n) is 8.21. The molecule has 0 aromatic carbocycles. The van der Waals surface area contributed by atoms with Gasteiger partial charge in [0.05, 0.1) is 0 Å². The molecule has 5 nitrogen and oxygen atoms in total. The summed E-state index contributed by atoms with van der Waals surface area (Å²) < 4.78 is 29.4. The van der Waals surface area contributed by atoms with Crippen molar-refractivity contribution in [3.05, 3.63) is 0 Å². The van der Waals surface area contributed by atoms with E-state index in [0.29, 0.717) is 19.5 Å². The van der Waals surface area contributed by atoms with Gasteiger partial charge < -0.3 is 0 Å². The van der Waals surface area contributed by atoms with Gasteiger partial charge in [0.15, 0.2) is 0 Å². The fraction of sp³-hybridized carbons (Fsp3) is 0.933. The SMILES string of the molecule is CC(C)CNS(=O)(=O)N1CCCCC1C1CCCCC1=O. The zero-order chi connectivity index (χ0) is 15.5. The smallest absolute Gasteiger partial charge is 0.279 e. The molecule has 1 saturated carbocycles. The van der Waals surface area contributed by atoms with Gasteiger partial charge in [-0.15, -0.1) is 0 Å². The van der Waals surface area contributed by atoms with E-state index < -0.39 is 10.2 Å². The Morgan fingerprint density at radius 1 is 1.19 bits per heavy atom. The van der Waals surface area contributed by atoms with Crippen molar-refractivity contribution < 1.29 is 13.2 Å². The summed E-state index contributed by atoms with van der Waals surface area (Å²) in [5.41, 5.74) is 0. The van der Waals surface area contributed by atoms with Crippen molar-refractivity contribution in [1.82, 2.24) is 9.03 Å². The van der Waals surface area contributed by atoms with Gasteiger partial charge in [-0.3, -0.25) is 4.79 Å². The van der Waals surface area contributed by atoms with Gasteiger partial charge in [0.1, 0.15) is 5.78 Å². The predicted octanol–water partition coefficient (Wildman–Crippen LogP) is 2.09. The molecule has 0 spiro atoms. The van der Waals surface area contributed by atoms with Crippen LogP contribution in [-0.2, 0) is 15.0 Å². The lowest BCUT2D eigenvalue weighted by molar-refractivity contribution is -0.126. The Bertz CT molecular complexity index is 462. The van der Waals surface area contributed by atoms with Crippen molar-refractivity contribution in [2.24, 2.45) is 11.8 Å². The van der Waals surface area contributed by atoms with Gasteiger partial charge in [-0.2, -0.15) is 12.7 Å². The first-order chi connectivity index (χ1) is 9.92. The molecule has 122 valence electrons. The number of nitrogens with zero attached hydrogens (tertiary/aromatic N) is 1. The van der Waals surface area contributed by atoms with E-state index in [2.05, 4.69) is 4.72 Å². The van der Waals surface area contributed by atoms with Crippen LogP contribution in [0.25, 0.3) is 0 Å². The number of Topliss-reactive ketones (excluding diaryl/α,β-unsaturated/α-hetero) is 1. The van der Waals surface area contributed by atoms with Crippen LogP contribution in [-0.4, -0.2) is 37.6 Å². The van der Waals surface area contributed by atoms with Crippen LogP contribution in [0.2, 0.25) is 0 Å². The number of carbonyl (C=O) groups is 1. The van der Waals surface area contributed by atoms with Crippen molar-refractivity contribution in [3.8, 4) is 0 Å². The van der Waals surface area contributed by atoms with E-state index in [1.807, 2.05) is 13.8 Å². The molecule has 0 radical (unpaired) electrons. The molecule has 1 N–H and O–H groups in total. The highest BCUT2D eigenvalue weighted by molar-refractivity contribution is 7.87. The number of piperidine rings is 1. The van der Waals surface area contributed by atoms with Gasteiger partial charge in [-0.05, 0) is 31.6 Å². The van der Waals surface area contributed by atoms with Crippen LogP contribution in [0.4, 0.5) is 0 Å². The Balaban J connectivity index is 2.12. The summed E-state index contributed by atoms with van der Waals surface area (Å²) in [7, 11) is -3.47. The lowest BCUT2D eigenvalue weighted by Gasteiger charge is -2.40. The zero-order valence-electron chi connectivity index (χ0n) is 13.2. The predicted molar refractivity (Wildman–Crippen MR) is 83.1 cm³/mol. The molecule has 2 fully saturated rings. The molecule has 1 aliphatic heterocycles. The first kappa shape index (κ1) is 16.9. The van der Waals surface area contributed by atoms with Crippen molar-refractivity contribution >= 4 is 16.0 Å². The molecular formula is C15H28N2O3S. The first-order valence-corrected chi connectivity index (χ1v) is 9.65. The van der Waals surface area contributed by atoms with E-state index in [1.165, 1.54) is 0 Å². The van der Waals surface area contributed by atoms with Gasteiger partial charge in [-0.1, -0.05) is 26.7 Å². The fourth-order valence-electron chi connectivity index (χ4n) is 3.40. The zero-order valence-corrected chi connectivity index (χ0v) is 14.0. The maximum Gasteiger partial charge on any atom is 0.279 e. The highest BCUT2D eigenvalue weighted by Crippen LogP contribution is 2.32. The van der Waals surface area contributed by atoms with Gasteiger partial charge in [0.2, 0.25) is 0 Å². The highest BCUT2D eigenvalue weighted by atomic mass is 32.2. The lowest BCUT2D eigenvalue weighted by Crippen LogP contribution is -2.54. The molecule has 0 aromatic rings. The van der Waals surface area contributed by atoms with Crippen LogP contribution in [0.15, 0.2) is 0 Å².